The monoisotopic (exact) mass is 377 g/mol. The molecule has 1 aromatic carbocycles. The summed E-state index contributed by atoms with van der Waals surface area (Å²) in [5.74, 6) is -1.56. The van der Waals surface area contributed by atoms with E-state index in [4.69, 9.17) is 16.6 Å². The molecular weight excluding hydrogens is 350 g/mol. The van der Waals surface area contributed by atoms with Crippen molar-refractivity contribution in [1.82, 2.24) is 10.6 Å². The quantitative estimate of drug-likeness (QED) is 0.199. The molecule has 0 saturated carbocycles. The summed E-state index contributed by atoms with van der Waals surface area (Å²) >= 11 is 0. The number of hydrogen-bond acceptors (Lipinski definition) is 4. The maximum Gasteiger partial charge on any atom is 0.303 e. The Hall–Kier alpha value is -3.10. The third kappa shape index (κ3) is 9.83. The number of carbonyl (C=O) groups is 3. The predicted octanol–water partition coefficient (Wildman–Crippen LogP) is 0.210. The van der Waals surface area contributed by atoms with E-state index in [0.717, 1.165) is 0 Å². The molecule has 0 unspecified atom stereocenters. The van der Waals surface area contributed by atoms with Crippen LogP contribution in [0, 0.1) is 0 Å². The fraction of sp³-hybridized carbons (Fsp3) is 0.444. The first kappa shape index (κ1) is 21.9. The lowest BCUT2D eigenvalue weighted by Gasteiger charge is -2.18. The summed E-state index contributed by atoms with van der Waals surface area (Å²) in [4.78, 5) is 39.1. The van der Waals surface area contributed by atoms with Crippen LogP contribution in [0.25, 0.3) is 0 Å². The van der Waals surface area contributed by atoms with Gasteiger partial charge in [0.2, 0.25) is 5.91 Å². The molecule has 0 saturated heterocycles. The first-order valence-corrected chi connectivity index (χ1v) is 8.81. The van der Waals surface area contributed by atoms with Gasteiger partial charge in [-0.05, 0) is 37.8 Å². The number of aliphatic imine (C=N–C) groups is 1. The van der Waals surface area contributed by atoms with Crippen LogP contribution in [-0.2, 0) is 9.59 Å². The molecule has 0 fully saturated rings. The van der Waals surface area contributed by atoms with Gasteiger partial charge < -0.3 is 27.2 Å². The van der Waals surface area contributed by atoms with Crippen molar-refractivity contribution < 1.29 is 19.5 Å². The molecule has 0 aliphatic heterocycles. The van der Waals surface area contributed by atoms with Gasteiger partial charge in [-0.2, -0.15) is 0 Å². The zero-order valence-corrected chi connectivity index (χ0v) is 15.2. The number of nitrogens with one attached hydrogen (secondary N) is 2. The summed E-state index contributed by atoms with van der Waals surface area (Å²) in [6.07, 6.45) is 1.97. The van der Waals surface area contributed by atoms with Crippen LogP contribution in [0.5, 0.6) is 0 Å². The second-order valence-electron chi connectivity index (χ2n) is 5.98. The van der Waals surface area contributed by atoms with Crippen LogP contribution in [0.15, 0.2) is 35.3 Å². The van der Waals surface area contributed by atoms with Gasteiger partial charge in [0.25, 0.3) is 5.91 Å². The average molecular weight is 377 g/mol. The van der Waals surface area contributed by atoms with Crippen molar-refractivity contribution in [3.8, 4) is 0 Å². The van der Waals surface area contributed by atoms with Gasteiger partial charge in [0.05, 0.1) is 0 Å². The lowest BCUT2D eigenvalue weighted by atomic mass is 10.1. The van der Waals surface area contributed by atoms with Gasteiger partial charge in [-0.1, -0.05) is 18.2 Å². The number of benzene rings is 1. The van der Waals surface area contributed by atoms with Crippen LogP contribution in [0.3, 0.4) is 0 Å². The summed E-state index contributed by atoms with van der Waals surface area (Å²) in [5, 5.41) is 14.1. The Morgan fingerprint density at radius 3 is 2.41 bits per heavy atom. The minimum Gasteiger partial charge on any atom is -0.481 e. The molecule has 1 aromatic rings. The lowest BCUT2D eigenvalue weighted by molar-refractivity contribution is -0.137. The summed E-state index contributed by atoms with van der Waals surface area (Å²) < 4.78 is 0. The van der Waals surface area contributed by atoms with E-state index >= 15 is 0 Å². The predicted molar refractivity (Wildman–Crippen MR) is 102 cm³/mol. The van der Waals surface area contributed by atoms with Gasteiger partial charge in [-0.15, -0.1) is 0 Å². The Kier molecular flexibility index (Phi) is 9.98. The fourth-order valence-corrected chi connectivity index (χ4v) is 2.34. The van der Waals surface area contributed by atoms with Crippen molar-refractivity contribution in [3.63, 3.8) is 0 Å². The first-order chi connectivity index (χ1) is 12.9. The van der Waals surface area contributed by atoms with Crippen molar-refractivity contribution >= 4 is 23.7 Å². The number of carboxylic acids is 1. The zero-order chi connectivity index (χ0) is 20.1. The molecule has 9 nitrogen and oxygen atoms in total. The van der Waals surface area contributed by atoms with Crippen LogP contribution in [0.4, 0.5) is 0 Å². The summed E-state index contributed by atoms with van der Waals surface area (Å²) in [7, 11) is 0. The largest absolute Gasteiger partial charge is 0.481 e. The molecule has 148 valence electrons. The minimum absolute atomic E-state index is 0.0252. The van der Waals surface area contributed by atoms with Crippen molar-refractivity contribution in [1.29, 1.82) is 0 Å². The average Bonchev–Trinajstić information content (AvgIpc) is 2.63. The van der Waals surface area contributed by atoms with Gasteiger partial charge in [0.15, 0.2) is 5.96 Å². The summed E-state index contributed by atoms with van der Waals surface area (Å²) in [5.41, 5.74) is 11.0. The van der Waals surface area contributed by atoms with E-state index in [1.165, 1.54) is 0 Å². The fourth-order valence-electron chi connectivity index (χ4n) is 2.34. The molecule has 0 heterocycles. The van der Waals surface area contributed by atoms with Crippen LogP contribution >= 0.6 is 0 Å². The number of unbranched alkanes of at least 4 members (excludes halogenated alkanes) is 1. The van der Waals surface area contributed by atoms with Crippen molar-refractivity contribution in [2.45, 2.75) is 38.1 Å². The van der Waals surface area contributed by atoms with Crippen LogP contribution in [-0.4, -0.2) is 48.0 Å². The first-order valence-electron chi connectivity index (χ1n) is 8.81. The van der Waals surface area contributed by atoms with Gasteiger partial charge in [-0.3, -0.25) is 19.4 Å². The highest BCUT2D eigenvalue weighted by Gasteiger charge is 2.20. The number of rotatable bonds is 12. The topological polar surface area (TPSA) is 160 Å². The number of amides is 2. The normalized spacial score (nSPS) is 11.3. The maximum atomic E-state index is 12.4. The van der Waals surface area contributed by atoms with Crippen LogP contribution in [0.1, 0.15) is 42.5 Å². The van der Waals surface area contributed by atoms with Crippen LogP contribution in [0.2, 0.25) is 0 Å². The number of aliphatic carboxylic acids is 1. The number of carboxylic acid groups (broad SMARTS) is 1. The number of nitrogens with two attached hydrogens (primary N) is 2. The van der Waals surface area contributed by atoms with E-state index in [0.29, 0.717) is 44.3 Å². The summed E-state index contributed by atoms with van der Waals surface area (Å²) in [6, 6.07) is 7.88. The molecule has 1 atom stereocenters. The van der Waals surface area contributed by atoms with Gasteiger partial charge in [-0.25, -0.2) is 0 Å². The van der Waals surface area contributed by atoms with E-state index in [2.05, 4.69) is 15.6 Å². The van der Waals surface area contributed by atoms with E-state index in [1.807, 2.05) is 0 Å². The molecule has 0 spiro atoms. The number of hydrogen-bond donors (Lipinski definition) is 5. The molecule has 0 aliphatic carbocycles. The molecular formula is C18H27N5O4. The highest BCUT2D eigenvalue weighted by Crippen LogP contribution is 2.04. The maximum absolute atomic E-state index is 12.4. The molecule has 7 N–H and O–H groups in total. The highest BCUT2D eigenvalue weighted by atomic mass is 16.4. The molecule has 9 heteroatoms. The molecule has 0 radical (unpaired) electrons. The second-order valence-corrected chi connectivity index (χ2v) is 5.98. The Morgan fingerprint density at radius 1 is 1.07 bits per heavy atom. The smallest absolute Gasteiger partial charge is 0.303 e. The molecule has 0 aromatic heterocycles. The number of guanidine groups is 1. The van der Waals surface area contributed by atoms with Gasteiger partial charge in [0, 0.05) is 25.1 Å². The zero-order valence-electron chi connectivity index (χ0n) is 15.2. The van der Waals surface area contributed by atoms with Gasteiger partial charge >= 0.3 is 5.97 Å². The standard InChI is InChI=1S/C18H27N5O4/c19-18(20)22-12-6-9-14(17(27)21-11-5-4-10-15(24)25)23-16(26)13-7-2-1-3-8-13/h1-3,7-8,14H,4-6,9-12H2,(H,21,27)(H,23,26)(H,24,25)(H4,19,20,22)/t14-/m0/s1. The highest BCUT2D eigenvalue weighted by molar-refractivity contribution is 5.97. The third-order valence-electron chi connectivity index (χ3n) is 3.72. The van der Waals surface area contributed by atoms with E-state index in [1.54, 1.807) is 30.3 Å². The van der Waals surface area contributed by atoms with Crippen molar-refractivity contribution in [3.05, 3.63) is 35.9 Å². The number of carbonyl (C=O) groups excluding carboxylic acids is 2. The second kappa shape index (κ2) is 12.3. The Balaban J connectivity index is 2.57. The van der Waals surface area contributed by atoms with Gasteiger partial charge in [0.1, 0.15) is 6.04 Å². The third-order valence-corrected chi connectivity index (χ3v) is 3.72. The Labute approximate surface area is 158 Å². The van der Waals surface area contributed by atoms with E-state index in [9.17, 15) is 14.4 Å². The SMILES string of the molecule is NC(N)=NCCC[C@H](NC(=O)c1ccccc1)C(=O)NCCCCC(=O)O. The van der Waals surface area contributed by atoms with Crippen molar-refractivity contribution in [2.75, 3.05) is 13.1 Å². The Bertz CT molecular complexity index is 644. The molecule has 0 bridgehead atoms. The molecule has 2 amide bonds. The Morgan fingerprint density at radius 2 is 1.78 bits per heavy atom. The van der Waals surface area contributed by atoms with E-state index in [-0.39, 0.29) is 24.2 Å². The summed E-state index contributed by atoms with van der Waals surface area (Å²) in [6.45, 7) is 0.698. The van der Waals surface area contributed by atoms with Crippen LogP contribution < -0.4 is 22.1 Å². The number of nitrogens with zero attached hydrogens (tertiary/aromatic N) is 1. The van der Waals surface area contributed by atoms with E-state index < -0.39 is 12.0 Å². The minimum atomic E-state index is -0.867. The molecule has 0 aliphatic rings. The molecule has 27 heavy (non-hydrogen) atoms. The molecule has 1 rings (SSSR count). The lowest BCUT2D eigenvalue weighted by Crippen LogP contribution is -2.47. The van der Waals surface area contributed by atoms with Crippen molar-refractivity contribution in [2.24, 2.45) is 16.5 Å².